The Morgan fingerprint density at radius 3 is 2.27 bits per heavy atom. The predicted molar refractivity (Wildman–Crippen MR) is 118 cm³/mol. The van der Waals surface area contributed by atoms with Crippen molar-refractivity contribution in [3.63, 3.8) is 0 Å². The molecule has 1 N–H and O–H groups in total. The SMILES string of the molecule is CC(C)(Oc1cccc(Oc2ccc3c(-c4ccc(C(C)(F)F)cc4)noc3c2)c1)C(=O)O. The molecule has 0 aliphatic heterocycles. The highest BCUT2D eigenvalue weighted by molar-refractivity contribution is 5.92. The molecule has 1 heterocycles. The second kappa shape index (κ2) is 8.20. The first-order chi connectivity index (χ1) is 15.5. The second-order valence-electron chi connectivity index (χ2n) is 8.15. The summed E-state index contributed by atoms with van der Waals surface area (Å²) in [4.78, 5) is 11.3. The van der Waals surface area contributed by atoms with E-state index < -0.39 is 17.5 Å². The molecular formula is C25H21F2NO5. The number of hydrogen-bond acceptors (Lipinski definition) is 5. The molecule has 0 unspecified atom stereocenters. The Labute approximate surface area is 188 Å². The van der Waals surface area contributed by atoms with Crippen molar-refractivity contribution in [2.24, 2.45) is 0 Å². The van der Waals surface area contributed by atoms with E-state index >= 15 is 0 Å². The number of carboxylic acid groups (broad SMARTS) is 1. The van der Waals surface area contributed by atoms with E-state index in [-0.39, 0.29) is 5.56 Å². The van der Waals surface area contributed by atoms with Crippen molar-refractivity contribution in [3.8, 4) is 28.5 Å². The molecule has 3 aromatic carbocycles. The number of carboxylic acids is 1. The van der Waals surface area contributed by atoms with Gasteiger partial charge in [0.05, 0.1) is 0 Å². The molecule has 8 heteroatoms. The van der Waals surface area contributed by atoms with Crippen LogP contribution in [0.3, 0.4) is 0 Å². The molecule has 0 aliphatic rings. The molecule has 33 heavy (non-hydrogen) atoms. The van der Waals surface area contributed by atoms with E-state index in [2.05, 4.69) is 5.16 Å². The number of aromatic nitrogens is 1. The largest absolute Gasteiger partial charge is 0.478 e. The van der Waals surface area contributed by atoms with Crippen LogP contribution in [-0.4, -0.2) is 21.8 Å². The van der Waals surface area contributed by atoms with Crippen molar-refractivity contribution in [1.29, 1.82) is 0 Å². The smallest absolute Gasteiger partial charge is 0.347 e. The van der Waals surface area contributed by atoms with Gasteiger partial charge in [0.15, 0.2) is 11.2 Å². The summed E-state index contributed by atoms with van der Waals surface area (Å²) in [6, 6.07) is 17.7. The van der Waals surface area contributed by atoms with Crippen LogP contribution in [0.5, 0.6) is 17.2 Å². The Morgan fingerprint density at radius 2 is 1.61 bits per heavy atom. The first kappa shape index (κ1) is 22.3. The molecule has 0 spiro atoms. The first-order valence-corrected chi connectivity index (χ1v) is 10.1. The summed E-state index contributed by atoms with van der Waals surface area (Å²) in [7, 11) is 0. The minimum Gasteiger partial charge on any atom is -0.478 e. The van der Waals surface area contributed by atoms with Gasteiger partial charge in [-0.05, 0) is 38.1 Å². The molecule has 0 atom stereocenters. The zero-order valence-electron chi connectivity index (χ0n) is 18.1. The third-order valence-electron chi connectivity index (χ3n) is 5.04. The van der Waals surface area contributed by atoms with Crippen LogP contribution >= 0.6 is 0 Å². The highest BCUT2D eigenvalue weighted by atomic mass is 19.3. The van der Waals surface area contributed by atoms with Crippen molar-refractivity contribution in [3.05, 3.63) is 72.3 Å². The van der Waals surface area contributed by atoms with Crippen LogP contribution in [0.1, 0.15) is 26.3 Å². The normalized spacial score (nSPS) is 12.0. The zero-order valence-corrected chi connectivity index (χ0v) is 18.1. The van der Waals surface area contributed by atoms with Gasteiger partial charge in [0.25, 0.3) is 5.92 Å². The number of nitrogens with zero attached hydrogens (tertiary/aromatic N) is 1. The minimum absolute atomic E-state index is 0.0762. The molecule has 6 nitrogen and oxygen atoms in total. The highest BCUT2D eigenvalue weighted by Gasteiger charge is 2.29. The van der Waals surface area contributed by atoms with Crippen LogP contribution in [0, 0.1) is 0 Å². The standard InChI is InChI=1S/C25H21F2NO5/c1-24(2,23(29)30)32-19-6-4-5-17(13-19)31-18-11-12-20-21(14-18)33-28-22(20)15-7-9-16(10-8-15)25(3,26)27/h4-14H,1-3H3,(H,29,30). The molecule has 0 aliphatic carbocycles. The molecule has 0 radical (unpaired) electrons. The Bertz CT molecular complexity index is 1310. The summed E-state index contributed by atoms with van der Waals surface area (Å²) < 4.78 is 43.8. The van der Waals surface area contributed by atoms with E-state index in [9.17, 15) is 18.7 Å². The van der Waals surface area contributed by atoms with Crippen LogP contribution in [0.4, 0.5) is 8.78 Å². The molecule has 0 bridgehead atoms. The number of carbonyl (C=O) groups is 1. The highest BCUT2D eigenvalue weighted by Crippen LogP contribution is 2.34. The van der Waals surface area contributed by atoms with E-state index in [1.807, 2.05) is 0 Å². The Morgan fingerprint density at radius 1 is 0.939 bits per heavy atom. The number of fused-ring (bicyclic) bond motifs is 1. The summed E-state index contributed by atoms with van der Waals surface area (Å²) in [6.07, 6.45) is 0. The summed E-state index contributed by atoms with van der Waals surface area (Å²) in [5.74, 6) is -2.73. The quantitative estimate of drug-likeness (QED) is 0.338. The summed E-state index contributed by atoms with van der Waals surface area (Å²) in [5, 5.41) is 14.0. The van der Waals surface area contributed by atoms with Gasteiger partial charge in [-0.15, -0.1) is 0 Å². The molecule has 4 rings (SSSR count). The lowest BCUT2D eigenvalue weighted by Gasteiger charge is -2.21. The van der Waals surface area contributed by atoms with Gasteiger partial charge in [0.2, 0.25) is 0 Å². The van der Waals surface area contributed by atoms with Crippen molar-refractivity contribution in [2.45, 2.75) is 32.3 Å². The molecule has 0 fully saturated rings. The van der Waals surface area contributed by atoms with Crippen molar-refractivity contribution >= 4 is 16.9 Å². The fourth-order valence-electron chi connectivity index (χ4n) is 3.19. The fraction of sp³-hybridized carbons (Fsp3) is 0.200. The van der Waals surface area contributed by atoms with E-state index in [1.165, 1.54) is 26.0 Å². The van der Waals surface area contributed by atoms with Gasteiger partial charge in [0.1, 0.15) is 22.9 Å². The predicted octanol–water partition coefficient (Wildman–Crippen LogP) is 6.64. The number of benzene rings is 3. The number of ether oxygens (including phenoxy) is 2. The van der Waals surface area contributed by atoms with Crippen LogP contribution in [0.25, 0.3) is 22.2 Å². The summed E-state index contributed by atoms with van der Waals surface area (Å²) >= 11 is 0. The van der Waals surface area contributed by atoms with E-state index in [0.717, 1.165) is 6.92 Å². The molecule has 1 aromatic heterocycles. The molecule has 4 aromatic rings. The zero-order chi connectivity index (χ0) is 23.8. The van der Waals surface area contributed by atoms with Crippen molar-refractivity contribution in [2.75, 3.05) is 0 Å². The van der Waals surface area contributed by atoms with Crippen molar-refractivity contribution < 1.29 is 32.7 Å². The lowest BCUT2D eigenvalue weighted by atomic mass is 10.0. The molecular weight excluding hydrogens is 432 g/mol. The monoisotopic (exact) mass is 453 g/mol. The fourth-order valence-corrected chi connectivity index (χ4v) is 3.19. The van der Waals surface area contributed by atoms with Crippen LogP contribution in [0.2, 0.25) is 0 Å². The van der Waals surface area contributed by atoms with Crippen molar-refractivity contribution in [1.82, 2.24) is 5.16 Å². The lowest BCUT2D eigenvalue weighted by Crippen LogP contribution is -2.37. The van der Waals surface area contributed by atoms with Gasteiger partial charge < -0.3 is 19.1 Å². The third-order valence-corrected chi connectivity index (χ3v) is 5.04. The third kappa shape index (κ3) is 4.79. The molecule has 0 saturated carbocycles. The van der Waals surface area contributed by atoms with Gasteiger partial charge in [-0.3, -0.25) is 0 Å². The Kier molecular flexibility index (Phi) is 5.53. The topological polar surface area (TPSA) is 81.8 Å². The van der Waals surface area contributed by atoms with E-state index in [4.69, 9.17) is 14.0 Å². The number of hydrogen-bond donors (Lipinski definition) is 1. The van der Waals surface area contributed by atoms with Gasteiger partial charge >= 0.3 is 5.97 Å². The van der Waals surface area contributed by atoms with E-state index in [0.29, 0.717) is 39.5 Å². The van der Waals surface area contributed by atoms with Crippen LogP contribution < -0.4 is 9.47 Å². The van der Waals surface area contributed by atoms with Crippen LogP contribution in [-0.2, 0) is 10.7 Å². The molecule has 170 valence electrons. The summed E-state index contributed by atoms with van der Waals surface area (Å²) in [5.41, 5.74) is 0.188. The van der Waals surface area contributed by atoms with Gasteiger partial charge in [-0.2, -0.15) is 0 Å². The second-order valence-corrected chi connectivity index (χ2v) is 8.15. The van der Waals surface area contributed by atoms with Gasteiger partial charge in [0, 0.05) is 35.6 Å². The number of alkyl halides is 2. The lowest BCUT2D eigenvalue weighted by molar-refractivity contribution is -0.152. The maximum atomic E-state index is 13.5. The van der Waals surface area contributed by atoms with Crippen LogP contribution in [0.15, 0.2) is 71.3 Å². The maximum Gasteiger partial charge on any atom is 0.347 e. The maximum absolute atomic E-state index is 13.5. The minimum atomic E-state index is -2.91. The van der Waals surface area contributed by atoms with Gasteiger partial charge in [-0.1, -0.05) is 35.5 Å². The number of halogens is 2. The van der Waals surface area contributed by atoms with E-state index in [1.54, 1.807) is 54.6 Å². The average molecular weight is 453 g/mol. The molecule has 0 saturated heterocycles. The summed E-state index contributed by atoms with van der Waals surface area (Å²) in [6.45, 7) is 3.77. The average Bonchev–Trinajstić information content (AvgIpc) is 3.16. The Hall–Kier alpha value is -3.94. The number of aliphatic carboxylic acids is 1. The first-order valence-electron chi connectivity index (χ1n) is 10.1. The van der Waals surface area contributed by atoms with Gasteiger partial charge in [-0.25, -0.2) is 13.6 Å². The number of rotatable bonds is 7. The Balaban J connectivity index is 1.56. The molecule has 0 amide bonds.